The Hall–Kier alpha value is -3.53. The SMILES string of the molecule is Nc1cccc2c3ccccc3c3c(nc(-c4ccccc4)n3N)c12. The summed E-state index contributed by atoms with van der Waals surface area (Å²) in [5.74, 6) is 7.22. The molecule has 120 valence electrons. The number of hydrogen-bond acceptors (Lipinski definition) is 3. The van der Waals surface area contributed by atoms with Crippen LogP contribution in [-0.4, -0.2) is 9.66 Å². The number of benzene rings is 4. The van der Waals surface area contributed by atoms with Crippen molar-refractivity contribution in [1.29, 1.82) is 0 Å². The lowest BCUT2D eigenvalue weighted by atomic mass is 9.99. The highest BCUT2D eigenvalue weighted by atomic mass is 15.3. The largest absolute Gasteiger partial charge is 0.398 e. The topological polar surface area (TPSA) is 69.9 Å². The summed E-state index contributed by atoms with van der Waals surface area (Å²) in [6.45, 7) is 0. The van der Waals surface area contributed by atoms with E-state index in [1.165, 1.54) is 0 Å². The third-order valence-electron chi connectivity index (χ3n) is 4.75. The monoisotopic (exact) mass is 324 g/mol. The molecule has 0 saturated carbocycles. The van der Waals surface area contributed by atoms with E-state index in [9.17, 15) is 0 Å². The highest BCUT2D eigenvalue weighted by Gasteiger charge is 2.18. The van der Waals surface area contributed by atoms with Crippen molar-refractivity contribution >= 4 is 38.3 Å². The molecule has 0 radical (unpaired) electrons. The minimum Gasteiger partial charge on any atom is -0.398 e. The smallest absolute Gasteiger partial charge is 0.159 e. The lowest BCUT2D eigenvalue weighted by Crippen LogP contribution is -2.09. The zero-order chi connectivity index (χ0) is 17.0. The number of aromatic nitrogens is 2. The lowest BCUT2D eigenvalue weighted by molar-refractivity contribution is 1.05. The van der Waals surface area contributed by atoms with Gasteiger partial charge in [-0.15, -0.1) is 0 Å². The number of imidazole rings is 1. The quantitative estimate of drug-likeness (QED) is 0.274. The molecule has 0 saturated heterocycles. The Morgan fingerprint density at radius 2 is 1.40 bits per heavy atom. The molecular formula is C21H16N4. The standard InChI is InChI=1S/C21H16N4/c22-17-12-6-11-15-14-9-4-5-10-16(14)20-19(18(15)17)24-21(25(20)23)13-7-2-1-3-8-13/h1-12H,22-23H2. The third-order valence-corrected chi connectivity index (χ3v) is 4.75. The van der Waals surface area contributed by atoms with Gasteiger partial charge < -0.3 is 11.6 Å². The van der Waals surface area contributed by atoms with Gasteiger partial charge in [-0.1, -0.05) is 66.7 Å². The summed E-state index contributed by atoms with van der Waals surface area (Å²) >= 11 is 0. The van der Waals surface area contributed by atoms with Crippen molar-refractivity contribution in [3.63, 3.8) is 0 Å². The van der Waals surface area contributed by atoms with E-state index in [0.717, 1.165) is 44.0 Å². The van der Waals surface area contributed by atoms with Crippen LogP contribution in [0.15, 0.2) is 72.8 Å². The van der Waals surface area contributed by atoms with Crippen LogP contribution in [0.2, 0.25) is 0 Å². The van der Waals surface area contributed by atoms with Gasteiger partial charge in [0.1, 0.15) is 5.52 Å². The van der Waals surface area contributed by atoms with Crippen LogP contribution < -0.4 is 11.6 Å². The van der Waals surface area contributed by atoms with Crippen LogP contribution in [0.25, 0.3) is 44.0 Å². The highest BCUT2D eigenvalue weighted by molar-refractivity contribution is 6.26. The summed E-state index contributed by atoms with van der Waals surface area (Å²) in [4.78, 5) is 4.88. The Balaban J connectivity index is 2.07. The molecular weight excluding hydrogens is 308 g/mol. The Kier molecular flexibility index (Phi) is 2.76. The Labute approximate surface area is 144 Å². The number of nitrogen functional groups attached to an aromatic ring is 2. The molecule has 0 aliphatic heterocycles. The second-order valence-electron chi connectivity index (χ2n) is 6.18. The predicted octanol–water partition coefficient (Wildman–Crippen LogP) is 4.31. The van der Waals surface area contributed by atoms with Gasteiger partial charge in [0.2, 0.25) is 0 Å². The highest BCUT2D eigenvalue weighted by Crippen LogP contribution is 2.38. The molecule has 0 aliphatic carbocycles. The lowest BCUT2D eigenvalue weighted by Gasteiger charge is -2.09. The maximum Gasteiger partial charge on any atom is 0.159 e. The van der Waals surface area contributed by atoms with Gasteiger partial charge in [-0.2, -0.15) is 0 Å². The third kappa shape index (κ3) is 1.85. The molecule has 4 heteroatoms. The molecule has 5 rings (SSSR count). The van der Waals surface area contributed by atoms with Gasteiger partial charge in [-0.3, -0.25) is 0 Å². The van der Waals surface area contributed by atoms with Crippen LogP contribution >= 0.6 is 0 Å². The van der Waals surface area contributed by atoms with Crippen molar-refractivity contribution in [1.82, 2.24) is 9.66 Å². The van der Waals surface area contributed by atoms with Gasteiger partial charge in [-0.25, -0.2) is 9.66 Å². The number of nitrogens with zero attached hydrogens (tertiary/aromatic N) is 2. The molecule has 0 atom stereocenters. The first-order valence-corrected chi connectivity index (χ1v) is 8.17. The van der Waals surface area contributed by atoms with Crippen LogP contribution in [0.4, 0.5) is 5.69 Å². The first-order chi connectivity index (χ1) is 12.3. The van der Waals surface area contributed by atoms with Crippen LogP contribution in [-0.2, 0) is 0 Å². The number of anilines is 1. The Bertz CT molecular complexity index is 1250. The molecule has 0 bridgehead atoms. The first-order valence-electron chi connectivity index (χ1n) is 8.17. The molecule has 0 amide bonds. The van der Waals surface area contributed by atoms with E-state index >= 15 is 0 Å². The summed E-state index contributed by atoms with van der Waals surface area (Å²) in [6, 6.07) is 24.2. The minimum absolute atomic E-state index is 0.714. The molecule has 0 unspecified atom stereocenters. The van der Waals surface area contributed by atoms with Gasteiger partial charge in [-0.05, 0) is 16.8 Å². The first kappa shape index (κ1) is 13.9. The average Bonchev–Trinajstić information content (AvgIpc) is 3.00. The summed E-state index contributed by atoms with van der Waals surface area (Å²) in [5.41, 5.74) is 9.76. The molecule has 5 aromatic rings. The van der Waals surface area contributed by atoms with Gasteiger partial charge in [0.15, 0.2) is 5.82 Å². The van der Waals surface area contributed by atoms with Gasteiger partial charge >= 0.3 is 0 Å². The molecule has 0 spiro atoms. The van der Waals surface area contributed by atoms with Gasteiger partial charge in [0, 0.05) is 22.0 Å². The molecule has 4 N–H and O–H groups in total. The fourth-order valence-corrected chi connectivity index (χ4v) is 3.64. The van der Waals surface area contributed by atoms with Crippen LogP contribution in [0.3, 0.4) is 0 Å². The molecule has 0 aliphatic rings. The minimum atomic E-state index is 0.714. The fraction of sp³-hybridized carbons (Fsp3) is 0. The number of rotatable bonds is 1. The number of hydrogen-bond donors (Lipinski definition) is 2. The summed E-state index contributed by atoms with van der Waals surface area (Å²) < 4.78 is 1.68. The maximum absolute atomic E-state index is 6.49. The Morgan fingerprint density at radius 3 is 2.20 bits per heavy atom. The van der Waals surface area contributed by atoms with Crippen molar-refractivity contribution in [2.75, 3.05) is 11.6 Å². The van der Waals surface area contributed by atoms with Gasteiger partial charge in [0.25, 0.3) is 0 Å². The molecule has 4 aromatic carbocycles. The Morgan fingerprint density at radius 1 is 0.720 bits per heavy atom. The predicted molar refractivity (Wildman–Crippen MR) is 105 cm³/mol. The van der Waals surface area contributed by atoms with E-state index in [2.05, 4.69) is 18.2 Å². The van der Waals surface area contributed by atoms with Crippen LogP contribution in [0, 0.1) is 0 Å². The van der Waals surface area contributed by atoms with Crippen molar-refractivity contribution in [3.8, 4) is 11.4 Å². The van der Waals surface area contributed by atoms with Gasteiger partial charge in [0.05, 0.1) is 5.52 Å². The molecule has 1 aromatic heterocycles. The molecule has 0 fully saturated rings. The zero-order valence-corrected chi connectivity index (χ0v) is 13.5. The van der Waals surface area contributed by atoms with Crippen molar-refractivity contribution in [2.24, 2.45) is 0 Å². The fourth-order valence-electron chi connectivity index (χ4n) is 3.64. The molecule has 4 nitrogen and oxygen atoms in total. The van der Waals surface area contributed by atoms with E-state index in [-0.39, 0.29) is 0 Å². The zero-order valence-electron chi connectivity index (χ0n) is 13.5. The normalized spacial score (nSPS) is 11.5. The number of fused-ring (bicyclic) bond motifs is 6. The van der Waals surface area contributed by atoms with E-state index < -0.39 is 0 Å². The number of nitrogens with two attached hydrogens (primary N) is 2. The average molecular weight is 324 g/mol. The summed E-state index contributed by atoms with van der Waals surface area (Å²) in [5, 5.41) is 4.26. The molecule has 1 heterocycles. The van der Waals surface area contributed by atoms with E-state index in [1.54, 1.807) is 4.68 Å². The van der Waals surface area contributed by atoms with Crippen LogP contribution in [0.1, 0.15) is 0 Å². The van der Waals surface area contributed by atoms with Crippen molar-refractivity contribution < 1.29 is 0 Å². The van der Waals surface area contributed by atoms with Crippen molar-refractivity contribution in [3.05, 3.63) is 72.8 Å². The van der Waals surface area contributed by atoms with E-state index in [0.29, 0.717) is 5.69 Å². The van der Waals surface area contributed by atoms with E-state index in [1.807, 2.05) is 54.6 Å². The second kappa shape index (κ2) is 4.98. The molecule has 25 heavy (non-hydrogen) atoms. The summed E-state index contributed by atoms with van der Waals surface area (Å²) in [7, 11) is 0. The van der Waals surface area contributed by atoms with E-state index in [4.69, 9.17) is 16.6 Å². The maximum atomic E-state index is 6.49. The van der Waals surface area contributed by atoms with Crippen LogP contribution in [0.5, 0.6) is 0 Å². The summed E-state index contributed by atoms with van der Waals surface area (Å²) in [6.07, 6.45) is 0. The second-order valence-corrected chi connectivity index (χ2v) is 6.18. The van der Waals surface area contributed by atoms with Crippen molar-refractivity contribution in [2.45, 2.75) is 0 Å².